The van der Waals surface area contributed by atoms with E-state index < -0.39 is 11.4 Å². The highest BCUT2D eigenvalue weighted by Gasteiger charge is 2.44. The fourth-order valence-electron chi connectivity index (χ4n) is 2.85. The molecule has 0 bridgehead atoms. The number of amides is 1. The third kappa shape index (κ3) is 2.68. The number of carbonyl (C=O) groups is 1. The summed E-state index contributed by atoms with van der Waals surface area (Å²) in [6.45, 7) is 3.72. The van der Waals surface area contributed by atoms with Crippen molar-refractivity contribution in [2.24, 2.45) is 16.6 Å². The van der Waals surface area contributed by atoms with E-state index in [0.29, 0.717) is 0 Å². The molecule has 0 spiro atoms. The number of nitriles is 1. The number of benzene rings is 1. The van der Waals surface area contributed by atoms with Gasteiger partial charge in [-0.1, -0.05) is 13.0 Å². The van der Waals surface area contributed by atoms with Gasteiger partial charge in [0.1, 0.15) is 17.4 Å². The molecule has 5 nitrogen and oxygen atoms in total. The first-order valence-corrected chi connectivity index (χ1v) is 8.53. The third-order valence-electron chi connectivity index (χ3n) is 4.71. The predicted octanol–water partition coefficient (Wildman–Crippen LogP) is 3.06. The second-order valence-electron chi connectivity index (χ2n) is 6.21. The molecule has 2 aromatic rings. The van der Waals surface area contributed by atoms with Gasteiger partial charge in [0.2, 0.25) is 5.91 Å². The van der Waals surface area contributed by atoms with Crippen molar-refractivity contribution in [2.75, 3.05) is 7.05 Å². The van der Waals surface area contributed by atoms with Crippen LogP contribution in [0.25, 0.3) is 10.4 Å². The van der Waals surface area contributed by atoms with Crippen molar-refractivity contribution in [1.82, 2.24) is 4.90 Å². The molecular weight excluding hydrogens is 339 g/mol. The number of nitrogens with zero attached hydrogens (tertiary/aromatic N) is 3. The Bertz CT molecular complexity index is 929. The molecule has 1 aliphatic rings. The molecule has 1 aliphatic heterocycles. The highest BCUT2D eigenvalue weighted by atomic mass is 32.1. The monoisotopic (exact) mass is 356 g/mol. The Morgan fingerprint density at radius 3 is 2.80 bits per heavy atom. The smallest absolute Gasteiger partial charge is 0.234 e. The van der Waals surface area contributed by atoms with Gasteiger partial charge < -0.3 is 5.73 Å². The molecule has 1 amide bonds. The summed E-state index contributed by atoms with van der Waals surface area (Å²) in [4.78, 5) is 20.1. The summed E-state index contributed by atoms with van der Waals surface area (Å²) >= 11 is 1.46. The average molecular weight is 356 g/mol. The molecule has 128 valence electrons. The van der Waals surface area contributed by atoms with Crippen LogP contribution in [0.15, 0.2) is 35.3 Å². The molecular formula is C18H17FN4OS. The van der Waals surface area contributed by atoms with E-state index >= 15 is 0 Å². The van der Waals surface area contributed by atoms with Crippen molar-refractivity contribution in [2.45, 2.75) is 19.4 Å². The molecule has 3 rings (SSSR count). The number of guanidine groups is 1. The quantitative estimate of drug-likeness (QED) is 0.898. The Kier molecular flexibility index (Phi) is 4.09. The molecule has 0 aliphatic carbocycles. The lowest BCUT2D eigenvalue weighted by molar-refractivity contribution is -0.133. The van der Waals surface area contributed by atoms with E-state index in [1.807, 2.05) is 32.0 Å². The minimum absolute atomic E-state index is 0.00349. The number of halogens is 1. The third-order valence-corrected chi connectivity index (χ3v) is 6.07. The Morgan fingerprint density at radius 1 is 1.40 bits per heavy atom. The Balaban J connectivity index is 2.04. The zero-order valence-electron chi connectivity index (χ0n) is 14.1. The van der Waals surface area contributed by atoms with Crippen molar-refractivity contribution in [1.29, 1.82) is 5.26 Å². The van der Waals surface area contributed by atoms with E-state index in [1.165, 1.54) is 28.4 Å². The van der Waals surface area contributed by atoms with E-state index in [4.69, 9.17) is 11.0 Å². The summed E-state index contributed by atoms with van der Waals surface area (Å²) in [5.74, 6) is -0.798. The predicted molar refractivity (Wildman–Crippen MR) is 95.3 cm³/mol. The van der Waals surface area contributed by atoms with Crippen molar-refractivity contribution in [3.8, 4) is 16.5 Å². The molecule has 7 heteroatoms. The van der Waals surface area contributed by atoms with Crippen molar-refractivity contribution < 1.29 is 9.18 Å². The van der Waals surface area contributed by atoms with Crippen LogP contribution in [0, 0.1) is 23.1 Å². The summed E-state index contributed by atoms with van der Waals surface area (Å²) in [7, 11) is 1.61. The number of nitrogens with two attached hydrogens (primary N) is 1. The van der Waals surface area contributed by atoms with Crippen molar-refractivity contribution in [3.05, 3.63) is 46.6 Å². The lowest BCUT2D eigenvalue weighted by Crippen LogP contribution is -2.52. The summed E-state index contributed by atoms with van der Waals surface area (Å²) in [5, 5.41) is 9.00. The van der Waals surface area contributed by atoms with Gasteiger partial charge in [-0.3, -0.25) is 9.69 Å². The second-order valence-corrected chi connectivity index (χ2v) is 7.29. The van der Waals surface area contributed by atoms with Crippen LogP contribution in [-0.2, 0) is 10.3 Å². The Morgan fingerprint density at radius 2 is 2.12 bits per heavy atom. The van der Waals surface area contributed by atoms with Crippen LogP contribution in [0.1, 0.15) is 24.3 Å². The minimum Gasteiger partial charge on any atom is -0.369 e. The molecule has 2 atom stereocenters. The molecule has 2 N–H and O–H groups in total. The Hall–Kier alpha value is -2.72. The lowest BCUT2D eigenvalue weighted by Gasteiger charge is -2.37. The summed E-state index contributed by atoms with van der Waals surface area (Å²) in [5.41, 5.74) is 5.90. The van der Waals surface area contributed by atoms with Gasteiger partial charge in [-0.2, -0.15) is 5.26 Å². The molecule has 1 aromatic carbocycles. The first-order chi connectivity index (χ1) is 11.8. The number of thiophene rings is 1. The van der Waals surface area contributed by atoms with Gasteiger partial charge in [0, 0.05) is 16.8 Å². The maximum Gasteiger partial charge on any atom is 0.234 e. The van der Waals surface area contributed by atoms with Crippen LogP contribution in [-0.4, -0.2) is 23.8 Å². The van der Waals surface area contributed by atoms with Crippen LogP contribution in [0.2, 0.25) is 0 Å². The van der Waals surface area contributed by atoms with E-state index in [-0.39, 0.29) is 23.3 Å². The lowest BCUT2D eigenvalue weighted by atomic mass is 9.84. The fraction of sp³-hybridized carbons (Fsp3) is 0.278. The van der Waals surface area contributed by atoms with Gasteiger partial charge in [0.15, 0.2) is 5.96 Å². The van der Waals surface area contributed by atoms with Gasteiger partial charge in [-0.25, -0.2) is 9.38 Å². The Labute approximate surface area is 149 Å². The van der Waals surface area contributed by atoms with Crippen LogP contribution in [0.4, 0.5) is 4.39 Å². The highest BCUT2D eigenvalue weighted by molar-refractivity contribution is 7.15. The fourth-order valence-corrected chi connectivity index (χ4v) is 4.03. The molecule has 0 fully saturated rings. The minimum atomic E-state index is -0.755. The zero-order valence-corrected chi connectivity index (χ0v) is 14.9. The molecule has 2 heterocycles. The maximum atomic E-state index is 13.5. The zero-order chi connectivity index (χ0) is 18.4. The van der Waals surface area contributed by atoms with Crippen LogP contribution < -0.4 is 5.73 Å². The van der Waals surface area contributed by atoms with E-state index in [2.05, 4.69) is 4.99 Å². The van der Waals surface area contributed by atoms with E-state index in [9.17, 15) is 9.18 Å². The maximum absolute atomic E-state index is 13.5. The standard InChI is InChI=1S/C18H17FN4OS/c1-10-16(24)23(3)17(21)22-18(10,2)15-7-6-14(25-15)11-4-5-13(19)12(8-11)9-20/h4-8,10H,1-3H3,(H2,21,22)/t10-,18?/m0/s1. The molecule has 1 unspecified atom stereocenters. The van der Waals surface area contributed by atoms with Gasteiger partial charge in [0.05, 0.1) is 11.5 Å². The van der Waals surface area contributed by atoms with Crippen molar-refractivity contribution in [3.63, 3.8) is 0 Å². The highest BCUT2D eigenvalue weighted by Crippen LogP contribution is 2.43. The normalized spacial score (nSPS) is 23.3. The summed E-state index contributed by atoms with van der Waals surface area (Å²) < 4.78 is 13.5. The molecule has 0 saturated carbocycles. The average Bonchev–Trinajstić information content (AvgIpc) is 3.09. The summed E-state index contributed by atoms with van der Waals surface area (Å²) in [6, 6.07) is 10.1. The van der Waals surface area contributed by atoms with Gasteiger partial charge >= 0.3 is 0 Å². The largest absolute Gasteiger partial charge is 0.369 e. The van der Waals surface area contributed by atoms with Crippen LogP contribution in [0.5, 0.6) is 0 Å². The summed E-state index contributed by atoms with van der Waals surface area (Å²) in [6.07, 6.45) is 0. The number of rotatable bonds is 2. The van der Waals surface area contributed by atoms with Gasteiger partial charge in [0.25, 0.3) is 0 Å². The van der Waals surface area contributed by atoms with Crippen molar-refractivity contribution >= 4 is 23.2 Å². The topological polar surface area (TPSA) is 82.5 Å². The number of hydrogen-bond donors (Lipinski definition) is 1. The first kappa shape index (κ1) is 17.1. The van der Waals surface area contributed by atoms with Crippen LogP contribution in [0.3, 0.4) is 0 Å². The molecule has 0 radical (unpaired) electrons. The molecule has 1 aromatic heterocycles. The number of carbonyl (C=O) groups excluding carboxylic acids is 1. The first-order valence-electron chi connectivity index (χ1n) is 7.71. The van der Waals surface area contributed by atoms with Crippen LogP contribution >= 0.6 is 11.3 Å². The SMILES string of the molecule is C[C@H]1C(=O)N(C)C(N)=NC1(C)c1ccc(-c2ccc(F)c(C#N)c2)s1. The number of hydrogen-bond acceptors (Lipinski definition) is 5. The van der Waals surface area contributed by atoms with Gasteiger partial charge in [-0.05, 0) is 36.8 Å². The van der Waals surface area contributed by atoms with Gasteiger partial charge in [-0.15, -0.1) is 11.3 Å². The molecule has 25 heavy (non-hydrogen) atoms. The molecule has 0 saturated heterocycles. The second kappa shape index (κ2) is 5.97. The van der Waals surface area contributed by atoms with E-state index in [0.717, 1.165) is 15.3 Å². The van der Waals surface area contributed by atoms with E-state index in [1.54, 1.807) is 13.1 Å². The number of aliphatic imine (C=N–C) groups is 1.